The summed E-state index contributed by atoms with van der Waals surface area (Å²) in [7, 11) is 0. The lowest BCUT2D eigenvalue weighted by molar-refractivity contribution is -0.384. The number of benzene rings is 1. The summed E-state index contributed by atoms with van der Waals surface area (Å²) in [4.78, 5) is 26.0. The molecule has 7 heteroatoms. The van der Waals surface area contributed by atoms with Crippen LogP contribution in [0.5, 0.6) is 5.75 Å². The quantitative estimate of drug-likeness (QED) is 0.477. The van der Waals surface area contributed by atoms with Crippen molar-refractivity contribution in [2.45, 2.75) is 13.5 Å². The van der Waals surface area contributed by atoms with Crippen LogP contribution in [-0.2, 0) is 6.61 Å². The van der Waals surface area contributed by atoms with E-state index in [1.165, 1.54) is 29.5 Å². The molecule has 19 heavy (non-hydrogen) atoms. The molecule has 0 spiro atoms. The molecule has 0 aliphatic heterocycles. The second-order valence-electron chi connectivity index (χ2n) is 3.73. The normalized spacial score (nSPS) is 10.2. The number of rotatable bonds is 5. The standard InChI is InChI=1S/C12H10N2O4S/c1-8-13-5-11(19-8)7-18-12-3-2-10(14(16)17)4-9(12)6-15/h2-6H,7H2,1H3. The van der Waals surface area contributed by atoms with E-state index in [1.54, 1.807) is 6.20 Å². The molecule has 0 radical (unpaired) electrons. The lowest BCUT2D eigenvalue weighted by Crippen LogP contribution is -1.98. The highest BCUT2D eigenvalue weighted by Crippen LogP contribution is 2.24. The van der Waals surface area contributed by atoms with Gasteiger partial charge in [0.15, 0.2) is 6.29 Å². The van der Waals surface area contributed by atoms with Gasteiger partial charge in [-0.1, -0.05) is 0 Å². The van der Waals surface area contributed by atoms with Crippen molar-refractivity contribution in [2.24, 2.45) is 0 Å². The van der Waals surface area contributed by atoms with Gasteiger partial charge in [0.25, 0.3) is 5.69 Å². The fourth-order valence-electron chi connectivity index (χ4n) is 1.49. The fraction of sp³-hybridized carbons (Fsp3) is 0.167. The number of nitrogens with zero attached hydrogens (tertiary/aromatic N) is 2. The average Bonchev–Trinajstić information content (AvgIpc) is 2.81. The van der Waals surface area contributed by atoms with Gasteiger partial charge in [0.05, 0.1) is 20.4 Å². The lowest BCUT2D eigenvalue weighted by Gasteiger charge is -2.06. The molecule has 6 nitrogen and oxygen atoms in total. The molecule has 0 aliphatic carbocycles. The maximum atomic E-state index is 10.9. The van der Waals surface area contributed by atoms with Crippen molar-refractivity contribution in [2.75, 3.05) is 0 Å². The van der Waals surface area contributed by atoms with Crippen molar-refractivity contribution in [3.63, 3.8) is 0 Å². The molecule has 0 bridgehead atoms. The van der Waals surface area contributed by atoms with Gasteiger partial charge in [-0.05, 0) is 13.0 Å². The van der Waals surface area contributed by atoms with Crippen LogP contribution >= 0.6 is 11.3 Å². The molecule has 0 fully saturated rings. The Morgan fingerprint density at radius 1 is 1.53 bits per heavy atom. The number of aryl methyl sites for hydroxylation is 1. The van der Waals surface area contributed by atoms with Crippen LogP contribution in [0.4, 0.5) is 5.69 Å². The topological polar surface area (TPSA) is 82.3 Å². The van der Waals surface area contributed by atoms with Crippen LogP contribution in [0.25, 0.3) is 0 Å². The zero-order valence-electron chi connectivity index (χ0n) is 10.0. The van der Waals surface area contributed by atoms with Gasteiger partial charge in [-0.25, -0.2) is 4.98 Å². The number of carbonyl (C=O) groups excluding carboxylic acids is 1. The molecular formula is C12H10N2O4S. The Hall–Kier alpha value is -2.28. The zero-order valence-corrected chi connectivity index (χ0v) is 10.8. The Bertz CT molecular complexity index is 624. The number of nitro benzene ring substituents is 1. The minimum absolute atomic E-state index is 0.136. The first-order valence-electron chi connectivity index (χ1n) is 5.38. The molecule has 0 atom stereocenters. The highest BCUT2D eigenvalue weighted by Gasteiger charge is 2.11. The molecular weight excluding hydrogens is 268 g/mol. The van der Waals surface area contributed by atoms with Crippen molar-refractivity contribution >= 4 is 23.3 Å². The summed E-state index contributed by atoms with van der Waals surface area (Å²) in [5, 5.41) is 11.5. The van der Waals surface area contributed by atoms with Crippen molar-refractivity contribution in [1.29, 1.82) is 0 Å². The van der Waals surface area contributed by atoms with E-state index in [0.29, 0.717) is 12.0 Å². The third-order valence-corrected chi connectivity index (χ3v) is 3.26. The van der Waals surface area contributed by atoms with E-state index in [2.05, 4.69) is 4.98 Å². The second-order valence-corrected chi connectivity index (χ2v) is 5.05. The summed E-state index contributed by atoms with van der Waals surface area (Å²) < 4.78 is 5.48. The van der Waals surface area contributed by atoms with E-state index in [-0.39, 0.29) is 17.9 Å². The number of hydrogen-bond acceptors (Lipinski definition) is 6. The average molecular weight is 278 g/mol. The summed E-state index contributed by atoms with van der Waals surface area (Å²) in [6.07, 6.45) is 2.24. The minimum Gasteiger partial charge on any atom is -0.487 e. The third-order valence-electron chi connectivity index (χ3n) is 2.37. The number of aromatic nitrogens is 1. The van der Waals surface area contributed by atoms with Crippen molar-refractivity contribution in [3.8, 4) is 5.75 Å². The first kappa shape index (κ1) is 13.2. The van der Waals surface area contributed by atoms with Gasteiger partial charge in [0, 0.05) is 18.3 Å². The molecule has 0 N–H and O–H groups in total. The van der Waals surface area contributed by atoms with E-state index in [4.69, 9.17) is 4.74 Å². The summed E-state index contributed by atoms with van der Waals surface area (Å²) >= 11 is 1.50. The number of hydrogen-bond donors (Lipinski definition) is 0. The SMILES string of the molecule is Cc1ncc(COc2ccc([N+](=O)[O-])cc2C=O)s1. The highest BCUT2D eigenvalue weighted by molar-refractivity contribution is 7.11. The molecule has 0 aliphatic rings. The second kappa shape index (κ2) is 5.57. The van der Waals surface area contributed by atoms with Gasteiger partial charge in [-0.2, -0.15) is 0 Å². The Morgan fingerprint density at radius 3 is 2.89 bits per heavy atom. The van der Waals surface area contributed by atoms with E-state index >= 15 is 0 Å². The van der Waals surface area contributed by atoms with Crippen molar-refractivity contribution < 1.29 is 14.5 Å². The number of non-ortho nitro benzene ring substituents is 1. The van der Waals surface area contributed by atoms with Crippen LogP contribution in [0.1, 0.15) is 20.2 Å². The zero-order chi connectivity index (χ0) is 13.8. The van der Waals surface area contributed by atoms with Gasteiger partial charge in [0.1, 0.15) is 12.4 Å². The van der Waals surface area contributed by atoms with Crippen LogP contribution in [0.3, 0.4) is 0 Å². The lowest BCUT2D eigenvalue weighted by atomic mass is 10.2. The van der Waals surface area contributed by atoms with Crippen LogP contribution in [0.2, 0.25) is 0 Å². The fourth-order valence-corrected chi connectivity index (χ4v) is 2.20. The first-order valence-corrected chi connectivity index (χ1v) is 6.19. The van der Waals surface area contributed by atoms with Gasteiger partial charge >= 0.3 is 0 Å². The molecule has 0 unspecified atom stereocenters. The van der Waals surface area contributed by atoms with Crippen molar-refractivity contribution in [3.05, 3.63) is 50.0 Å². The molecule has 2 aromatic rings. The molecule has 1 heterocycles. The summed E-state index contributed by atoms with van der Waals surface area (Å²) in [5.41, 5.74) is 0.0264. The third kappa shape index (κ3) is 3.14. The number of ether oxygens (including phenoxy) is 1. The highest BCUT2D eigenvalue weighted by atomic mass is 32.1. The maximum absolute atomic E-state index is 10.9. The monoisotopic (exact) mass is 278 g/mol. The molecule has 0 saturated carbocycles. The molecule has 2 rings (SSSR count). The Morgan fingerprint density at radius 2 is 2.32 bits per heavy atom. The molecule has 0 amide bonds. The van der Waals surface area contributed by atoms with Crippen LogP contribution in [-0.4, -0.2) is 16.2 Å². The van der Waals surface area contributed by atoms with Gasteiger partial charge in [-0.15, -0.1) is 11.3 Å². The Labute approximate surface area is 112 Å². The molecule has 0 saturated heterocycles. The predicted octanol–water partition coefficient (Wildman–Crippen LogP) is 2.75. The predicted molar refractivity (Wildman–Crippen MR) is 69.7 cm³/mol. The first-order chi connectivity index (χ1) is 9.10. The van der Waals surface area contributed by atoms with E-state index in [1.807, 2.05) is 6.92 Å². The number of carbonyl (C=O) groups is 1. The summed E-state index contributed by atoms with van der Waals surface area (Å²) in [6.45, 7) is 2.17. The summed E-state index contributed by atoms with van der Waals surface area (Å²) in [5.74, 6) is 0.326. The molecule has 1 aromatic heterocycles. The van der Waals surface area contributed by atoms with Gasteiger partial charge < -0.3 is 4.74 Å². The van der Waals surface area contributed by atoms with Gasteiger partial charge in [-0.3, -0.25) is 14.9 Å². The minimum atomic E-state index is -0.552. The Kier molecular flexibility index (Phi) is 3.86. The summed E-state index contributed by atoms with van der Waals surface area (Å²) in [6, 6.07) is 3.93. The number of nitro groups is 1. The van der Waals surface area contributed by atoms with Gasteiger partial charge in [0.2, 0.25) is 0 Å². The van der Waals surface area contributed by atoms with Crippen molar-refractivity contribution in [1.82, 2.24) is 4.98 Å². The molecule has 98 valence electrons. The van der Waals surface area contributed by atoms with E-state index in [9.17, 15) is 14.9 Å². The number of aldehydes is 1. The van der Waals surface area contributed by atoms with E-state index in [0.717, 1.165) is 9.88 Å². The smallest absolute Gasteiger partial charge is 0.270 e. The van der Waals surface area contributed by atoms with E-state index < -0.39 is 4.92 Å². The number of thiazole rings is 1. The Balaban J connectivity index is 2.15. The van der Waals surface area contributed by atoms with Crippen LogP contribution < -0.4 is 4.74 Å². The van der Waals surface area contributed by atoms with Crippen LogP contribution in [0.15, 0.2) is 24.4 Å². The van der Waals surface area contributed by atoms with Crippen LogP contribution in [0, 0.1) is 17.0 Å². The molecule has 1 aromatic carbocycles. The maximum Gasteiger partial charge on any atom is 0.270 e. The largest absolute Gasteiger partial charge is 0.487 e.